The Bertz CT molecular complexity index is 519. The van der Waals surface area contributed by atoms with Crippen molar-refractivity contribution >= 4 is 17.3 Å². The summed E-state index contributed by atoms with van der Waals surface area (Å²) in [5.74, 6) is 0.285. The molecule has 20 heavy (non-hydrogen) atoms. The zero-order chi connectivity index (χ0) is 14.9. The van der Waals surface area contributed by atoms with Crippen LogP contribution in [-0.4, -0.2) is 23.6 Å². The lowest BCUT2D eigenvalue weighted by molar-refractivity contribution is -0.386. The molecule has 1 fully saturated rings. The second kappa shape index (κ2) is 5.58. The highest BCUT2D eigenvalue weighted by molar-refractivity contribution is 6.30. The van der Waals surface area contributed by atoms with Crippen LogP contribution in [0.2, 0.25) is 5.02 Å². The van der Waals surface area contributed by atoms with Gasteiger partial charge < -0.3 is 10.1 Å². The molecule has 0 saturated heterocycles. The average molecular weight is 299 g/mol. The summed E-state index contributed by atoms with van der Waals surface area (Å²) >= 11 is 5.80. The third-order valence-corrected chi connectivity index (χ3v) is 4.25. The minimum Gasteiger partial charge on any atom is -0.483 e. The van der Waals surface area contributed by atoms with Crippen molar-refractivity contribution in [2.45, 2.75) is 39.3 Å². The Morgan fingerprint density at radius 2 is 2.25 bits per heavy atom. The number of rotatable bonds is 5. The van der Waals surface area contributed by atoms with Crippen molar-refractivity contribution in [3.05, 3.63) is 33.3 Å². The topological polar surface area (TPSA) is 64.4 Å². The van der Waals surface area contributed by atoms with Gasteiger partial charge >= 0.3 is 5.69 Å². The van der Waals surface area contributed by atoms with Crippen molar-refractivity contribution in [2.75, 3.05) is 6.54 Å². The summed E-state index contributed by atoms with van der Waals surface area (Å²) in [6.45, 7) is 7.18. The van der Waals surface area contributed by atoms with Crippen molar-refractivity contribution in [3.63, 3.8) is 0 Å². The molecular formula is C14H19ClN2O3. The number of nitrogens with one attached hydrogen (secondary N) is 1. The van der Waals surface area contributed by atoms with Crippen LogP contribution in [0.4, 0.5) is 5.69 Å². The molecule has 0 radical (unpaired) electrons. The number of halogens is 1. The molecule has 6 heteroatoms. The number of nitrogens with zero attached hydrogens (tertiary/aromatic N) is 1. The minimum atomic E-state index is -0.464. The predicted octanol–water partition coefficient (Wildman–Crippen LogP) is 3.40. The van der Waals surface area contributed by atoms with Crippen LogP contribution in [0.1, 0.15) is 27.2 Å². The first-order chi connectivity index (χ1) is 9.36. The Morgan fingerprint density at radius 3 is 2.80 bits per heavy atom. The summed E-state index contributed by atoms with van der Waals surface area (Å²) in [6.07, 6.45) is 0.812. The summed E-state index contributed by atoms with van der Waals surface area (Å²) in [5.41, 5.74) is -0.135. The molecular weight excluding hydrogens is 280 g/mol. The third-order valence-electron chi connectivity index (χ3n) is 4.02. The van der Waals surface area contributed by atoms with Gasteiger partial charge in [0.15, 0.2) is 5.75 Å². The Balaban J connectivity index is 2.14. The van der Waals surface area contributed by atoms with Crippen LogP contribution in [0.5, 0.6) is 5.75 Å². The number of nitro groups is 1. The second-order valence-corrected chi connectivity index (χ2v) is 6.08. The fraction of sp³-hybridized carbons (Fsp3) is 0.571. The number of benzene rings is 1. The van der Waals surface area contributed by atoms with E-state index in [1.54, 1.807) is 12.1 Å². The highest BCUT2D eigenvalue weighted by Gasteiger charge is 2.50. The second-order valence-electron chi connectivity index (χ2n) is 5.64. The lowest BCUT2D eigenvalue weighted by Crippen LogP contribution is -2.62. The van der Waals surface area contributed by atoms with Gasteiger partial charge in [-0.2, -0.15) is 0 Å². The maximum atomic E-state index is 11.0. The maximum absolute atomic E-state index is 11.0. The number of ether oxygens (including phenoxy) is 1. The average Bonchev–Trinajstić information content (AvgIpc) is 2.39. The van der Waals surface area contributed by atoms with Gasteiger partial charge in [-0.05, 0) is 18.7 Å². The van der Waals surface area contributed by atoms with Crippen molar-refractivity contribution < 1.29 is 9.66 Å². The zero-order valence-electron chi connectivity index (χ0n) is 11.9. The number of hydrogen-bond donors (Lipinski definition) is 1. The monoisotopic (exact) mass is 298 g/mol. The first-order valence-electron chi connectivity index (χ1n) is 6.70. The quantitative estimate of drug-likeness (QED) is 0.668. The van der Waals surface area contributed by atoms with E-state index in [-0.39, 0.29) is 23.0 Å². The van der Waals surface area contributed by atoms with Crippen LogP contribution in [-0.2, 0) is 0 Å². The Kier molecular flexibility index (Phi) is 4.20. The van der Waals surface area contributed by atoms with Crippen LogP contribution in [0, 0.1) is 15.5 Å². The molecule has 0 amide bonds. The molecule has 2 rings (SSSR count). The highest BCUT2D eigenvalue weighted by Crippen LogP contribution is 2.44. The molecule has 0 bridgehead atoms. The van der Waals surface area contributed by atoms with E-state index in [2.05, 4.69) is 26.1 Å². The van der Waals surface area contributed by atoms with Gasteiger partial charge in [-0.3, -0.25) is 10.1 Å². The fourth-order valence-electron chi connectivity index (χ4n) is 2.56. The normalized spacial score (nSPS) is 24.0. The molecule has 2 unspecified atom stereocenters. The van der Waals surface area contributed by atoms with Crippen molar-refractivity contribution in [2.24, 2.45) is 5.41 Å². The Labute approximate surface area is 123 Å². The van der Waals surface area contributed by atoms with Crippen LogP contribution in [0.25, 0.3) is 0 Å². The van der Waals surface area contributed by atoms with E-state index in [0.717, 1.165) is 13.0 Å². The van der Waals surface area contributed by atoms with Gasteiger partial charge in [0.05, 0.1) is 4.92 Å². The summed E-state index contributed by atoms with van der Waals surface area (Å²) in [4.78, 5) is 10.6. The SMILES string of the molecule is CCNC1CC(Oc2ccc(Cl)cc2[N+](=O)[O-])C1(C)C. The van der Waals surface area contributed by atoms with Crippen LogP contribution >= 0.6 is 11.6 Å². The van der Waals surface area contributed by atoms with Gasteiger partial charge in [0.1, 0.15) is 6.10 Å². The van der Waals surface area contributed by atoms with Gasteiger partial charge in [0.2, 0.25) is 0 Å². The molecule has 5 nitrogen and oxygen atoms in total. The summed E-state index contributed by atoms with van der Waals surface area (Å²) in [5, 5.41) is 14.8. The lowest BCUT2D eigenvalue weighted by Gasteiger charge is -2.51. The lowest BCUT2D eigenvalue weighted by atomic mass is 9.64. The molecule has 0 spiro atoms. The van der Waals surface area contributed by atoms with Gasteiger partial charge in [0.25, 0.3) is 0 Å². The van der Waals surface area contributed by atoms with Crippen molar-refractivity contribution in [1.82, 2.24) is 5.32 Å². The predicted molar refractivity (Wildman–Crippen MR) is 78.4 cm³/mol. The molecule has 1 aliphatic rings. The van der Waals surface area contributed by atoms with Crippen LogP contribution in [0.15, 0.2) is 18.2 Å². The van der Waals surface area contributed by atoms with Crippen molar-refractivity contribution in [1.29, 1.82) is 0 Å². The van der Waals surface area contributed by atoms with Crippen LogP contribution < -0.4 is 10.1 Å². The minimum absolute atomic E-state index is 0.0357. The summed E-state index contributed by atoms with van der Waals surface area (Å²) < 4.78 is 5.85. The van der Waals surface area contributed by atoms with E-state index in [0.29, 0.717) is 11.1 Å². The first-order valence-corrected chi connectivity index (χ1v) is 7.08. The number of hydrogen-bond acceptors (Lipinski definition) is 4. The van der Waals surface area contributed by atoms with E-state index in [1.165, 1.54) is 6.07 Å². The molecule has 0 aliphatic heterocycles. The standard InChI is InChI=1S/C14H19ClN2O3/c1-4-16-12-8-13(14(12,2)3)20-11-6-5-9(15)7-10(11)17(18)19/h5-7,12-13,16H,4,8H2,1-3H3. The molecule has 2 atom stereocenters. The van der Waals surface area contributed by atoms with E-state index in [4.69, 9.17) is 16.3 Å². The number of nitro benzene ring substituents is 1. The molecule has 1 saturated carbocycles. The highest BCUT2D eigenvalue weighted by atomic mass is 35.5. The van der Waals surface area contributed by atoms with Crippen LogP contribution in [0.3, 0.4) is 0 Å². The largest absolute Gasteiger partial charge is 0.483 e. The third kappa shape index (κ3) is 2.74. The van der Waals surface area contributed by atoms with Gasteiger partial charge in [0, 0.05) is 29.0 Å². The van der Waals surface area contributed by atoms with E-state index < -0.39 is 4.92 Å². The molecule has 1 aromatic rings. The maximum Gasteiger partial charge on any atom is 0.312 e. The molecule has 0 heterocycles. The van der Waals surface area contributed by atoms with E-state index in [9.17, 15) is 10.1 Å². The van der Waals surface area contributed by atoms with E-state index >= 15 is 0 Å². The summed E-state index contributed by atoms with van der Waals surface area (Å²) in [7, 11) is 0. The smallest absolute Gasteiger partial charge is 0.312 e. The van der Waals surface area contributed by atoms with Crippen molar-refractivity contribution in [3.8, 4) is 5.75 Å². The molecule has 1 aromatic carbocycles. The molecule has 1 aliphatic carbocycles. The molecule has 0 aromatic heterocycles. The van der Waals surface area contributed by atoms with Gasteiger partial charge in [-0.25, -0.2) is 0 Å². The summed E-state index contributed by atoms with van der Waals surface area (Å²) in [6, 6.07) is 4.88. The zero-order valence-corrected chi connectivity index (χ0v) is 12.6. The first kappa shape index (κ1) is 15.1. The Hall–Kier alpha value is -1.33. The van der Waals surface area contributed by atoms with Gasteiger partial charge in [-0.1, -0.05) is 32.4 Å². The van der Waals surface area contributed by atoms with E-state index in [1.807, 2.05) is 0 Å². The fourth-order valence-corrected chi connectivity index (χ4v) is 2.73. The molecule has 110 valence electrons. The Morgan fingerprint density at radius 1 is 1.55 bits per heavy atom. The van der Waals surface area contributed by atoms with Gasteiger partial charge in [-0.15, -0.1) is 0 Å². The molecule has 1 N–H and O–H groups in total.